The minimum Gasteiger partial charge on any atom is -0.451 e. The average Bonchev–Trinajstić information content (AvgIpc) is 3.19. The summed E-state index contributed by atoms with van der Waals surface area (Å²) in [5.41, 5.74) is 1.64. The van der Waals surface area contributed by atoms with E-state index < -0.39 is 0 Å². The second-order valence-electron chi connectivity index (χ2n) is 7.91. The van der Waals surface area contributed by atoms with Gasteiger partial charge in [-0.05, 0) is 38.1 Å². The van der Waals surface area contributed by atoms with E-state index in [1.807, 2.05) is 73.3 Å². The summed E-state index contributed by atoms with van der Waals surface area (Å²) in [5, 5.41) is 0.930. The number of amides is 2. The molecule has 1 saturated heterocycles. The highest BCUT2D eigenvalue weighted by Gasteiger charge is 2.27. The third-order valence-corrected chi connectivity index (χ3v) is 5.47. The van der Waals surface area contributed by atoms with E-state index in [0.29, 0.717) is 38.5 Å². The minimum atomic E-state index is -0.0923. The van der Waals surface area contributed by atoms with Gasteiger partial charge in [-0.1, -0.05) is 36.4 Å². The molecule has 1 aliphatic rings. The molecule has 0 unspecified atom stereocenters. The molecule has 156 valence electrons. The predicted octanol–water partition coefficient (Wildman–Crippen LogP) is 3.63. The molecule has 0 atom stereocenters. The van der Waals surface area contributed by atoms with Gasteiger partial charge in [-0.15, -0.1) is 0 Å². The highest BCUT2D eigenvalue weighted by atomic mass is 16.3. The molecular formula is C24H27N3O3. The number of fused-ring (bicyclic) bond motifs is 1. The first-order valence-electron chi connectivity index (χ1n) is 10.4. The molecule has 0 N–H and O–H groups in total. The second kappa shape index (κ2) is 8.71. The van der Waals surface area contributed by atoms with Crippen molar-refractivity contribution in [1.29, 1.82) is 0 Å². The Bertz CT molecular complexity index is 987. The standard InChI is InChI=1S/C24H27N3O3/c1-18(2)27(20-9-4-3-5-10-20)23(28)17-25-12-14-26(15-13-25)24(29)22-16-19-8-6-7-11-21(19)30-22/h3-11,16,18H,12-15,17H2,1-2H3. The minimum absolute atomic E-state index is 0.0771. The van der Waals surface area contributed by atoms with Crippen LogP contribution >= 0.6 is 0 Å². The molecule has 1 fully saturated rings. The number of hydrogen-bond donors (Lipinski definition) is 0. The van der Waals surface area contributed by atoms with Gasteiger partial charge in [0.15, 0.2) is 5.76 Å². The van der Waals surface area contributed by atoms with Gasteiger partial charge in [0.2, 0.25) is 5.91 Å². The number of furan rings is 1. The molecule has 4 rings (SSSR count). The molecule has 0 spiro atoms. The van der Waals surface area contributed by atoms with Crippen molar-refractivity contribution in [1.82, 2.24) is 9.80 Å². The van der Waals surface area contributed by atoms with E-state index >= 15 is 0 Å². The normalized spacial score (nSPS) is 15.0. The first kappa shape index (κ1) is 20.2. The van der Waals surface area contributed by atoms with Crippen molar-refractivity contribution in [2.45, 2.75) is 19.9 Å². The van der Waals surface area contributed by atoms with E-state index in [1.54, 1.807) is 11.0 Å². The number of carbonyl (C=O) groups is 2. The van der Waals surface area contributed by atoms with E-state index in [2.05, 4.69) is 4.90 Å². The molecule has 2 heterocycles. The second-order valence-corrected chi connectivity index (χ2v) is 7.91. The monoisotopic (exact) mass is 405 g/mol. The van der Waals surface area contributed by atoms with Crippen molar-refractivity contribution in [2.24, 2.45) is 0 Å². The zero-order chi connectivity index (χ0) is 21.1. The molecule has 1 aromatic heterocycles. The number of hydrogen-bond acceptors (Lipinski definition) is 4. The van der Waals surface area contributed by atoms with Crippen LogP contribution in [0.1, 0.15) is 24.4 Å². The van der Waals surface area contributed by atoms with Crippen molar-refractivity contribution in [2.75, 3.05) is 37.6 Å². The van der Waals surface area contributed by atoms with Crippen molar-refractivity contribution in [3.8, 4) is 0 Å². The fraction of sp³-hybridized carbons (Fsp3) is 0.333. The summed E-state index contributed by atoms with van der Waals surface area (Å²) < 4.78 is 5.72. The van der Waals surface area contributed by atoms with Gasteiger partial charge in [0.05, 0.1) is 6.54 Å². The highest BCUT2D eigenvalue weighted by molar-refractivity contribution is 5.96. The summed E-state index contributed by atoms with van der Waals surface area (Å²) >= 11 is 0. The first-order chi connectivity index (χ1) is 14.5. The Balaban J connectivity index is 1.36. The molecule has 30 heavy (non-hydrogen) atoms. The topological polar surface area (TPSA) is 57.0 Å². The summed E-state index contributed by atoms with van der Waals surface area (Å²) in [5.74, 6) is 0.356. The van der Waals surface area contributed by atoms with Crippen LogP contribution in [0.2, 0.25) is 0 Å². The summed E-state index contributed by atoms with van der Waals surface area (Å²) in [6.45, 7) is 6.88. The van der Waals surface area contributed by atoms with Gasteiger partial charge < -0.3 is 14.2 Å². The Morgan fingerprint density at radius 3 is 2.30 bits per heavy atom. The van der Waals surface area contributed by atoms with Gasteiger partial charge in [-0.2, -0.15) is 0 Å². The Kier molecular flexibility index (Phi) is 5.86. The maximum absolute atomic E-state index is 13.0. The third-order valence-electron chi connectivity index (χ3n) is 5.47. The lowest BCUT2D eigenvalue weighted by Gasteiger charge is -2.35. The molecule has 0 saturated carbocycles. The summed E-state index contributed by atoms with van der Waals surface area (Å²) in [6.07, 6.45) is 0. The highest BCUT2D eigenvalue weighted by Crippen LogP contribution is 2.21. The molecule has 0 radical (unpaired) electrons. The maximum atomic E-state index is 13.0. The van der Waals surface area contributed by atoms with Gasteiger partial charge in [0, 0.05) is 43.3 Å². The van der Waals surface area contributed by atoms with Crippen LogP contribution in [0.25, 0.3) is 11.0 Å². The molecule has 0 aliphatic carbocycles. The fourth-order valence-electron chi connectivity index (χ4n) is 3.94. The average molecular weight is 405 g/mol. The van der Waals surface area contributed by atoms with E-state index in [4.69, 9.17) is 4.42 Å². The van der Waals surface area contributed by atoms with Gasteiger partial charge in [0.1, 0.15) is 5.58 Å². The predicted molar refractivity (Wildman–Crippen MR) is 118 cm³/mol. The molecular weight excluding hydrogens is 378 g/mol. The van der Waals surface area contributed by atoms with Crippen LogP contribution in [-0.4, -0.2) is 60.4 Å². The zero-order valence-corrected chi connectivity index (χ0v) is 17.5. The van der Waals surface area contributed by atoms with E-state index in [0.717, 1.165) is 16.7 Å². The Morgan fingerprint density at radius 2 is 1.63 bits per heavy atom. The van der Waals surface area contributed by atoms with Crippen molar-refractivity contribution in [3.05, 3.63) is 66.4 Å². The van der Waals surface area contributed by atoms with Gasteiger partial charge in [0.25, 0.3) is 5.91 Å². The van der Waals surface area contributed by atoms with Crippen LogP contribution in [0.5, 0.6) is 0 Å². The van der Waals surface area contributed by atoms with Crippen LogP contribution in [0.4, 0.5) is 5.69 Å². The van der Waals surface area contributed by atoms with E-state index in [9.17, 15) is 9.59 Å². The number of para-hydroxylation sites is 2. The SMILES string of the molecule is CC(C)N(C(=O)CN1CCN(C(=O)c2cc3ccccc3o2)CC1)c1ccccc1. The number of anilines is 1. The van der Waals surface area contributed by atoms with Crippen molar-refractivity contribution < 1.29 is 14.0 Å². The number of rotatable bonds is 5. The summed E-state index contributed by atoms with van der Waals surface area (Å²) in [6, 6.07) is 19.3. The van der Waals surface area contributed by atoms with Crippen LogP contribution in [0.15, 0.2) is 65.1 Å². The van der Waals surface area contributed by atoms with Gasteiger partial charge in [-0.25, -0.2) is 0 Å². The smallest absolute Gasteiger partial charge is 0.289 e. The number of carbonyl (C=O) groups excluding carboxylic acids is 2. The third kappa shape index (κ3) is 4.24. The van der Waals surface area contributed by atoms with Crippen LogP contribution in [0.3, 0.4) is 0 Å². The lowest BCUT2D eigenvalue weighted by atomic mass is 10.2. The van der Waals surface area contributed by atoms with Gasteiger partial charge >= 0.3 is 0 Å². The number of nitrogens with zero attached hydrogens (tertiary/aromatic N) is 3. The summed E-state index contributed by atoms with van der Waals surface area (Å²) in [4.78, 5) is 31.6. The zero-order valence-electron chi connectivity index (χ0n) is 17.5. The number of piperazine rings is 1. The molecule has 0 bridgehead atoms. The molecule has 2 aromatic carbocycles. The fourth-order valence-corrected chi connectivity index (χ4v) is 3.94. The number of benzene rings is 2. The molecule has 3 aromatic rings. The largest absolute Gasteiger partial charge is 0.451 e. The Morgan fingerprint density at radius 1 is 0.967 bits per heavy atom. The van der Waals surface area contributed by atoms with E-state index in [-0.39, 0.29) is 17.9 Å². The molecule has 6 heteroatoms. The quantitative estimate of drug-likeness (QED) is 0.650. The first-order valence-corrected chi connectivity index (χ1v) is 10.4. The molecule has 6 nitrogen and oxygen atoms in total. The van der Waals surface area contributed by atoms with Gasteiger partial charge in [-0.3, -0.25) is 14.5 Å². The lowest BCUT2D eigenvalue weighted by molar-refractivity contribution is -0.120. The molecule has 1 aliphatic heterocycles. The van der Waals surface area contributed by atoms with Crippen LogP contribution < -0.4 is 4.90 Å². The summed E-state index contributed by atoms with van der Waals surface area (Å²) in [7, 11) is 0. The Hall–Kier alpha value is -3.12. The van der Waals surface area contributed by atoms with Crippen LogP contribution in [-0.2, 0) is 4.79 Å². The van der Waals surface area contributed by atoms with Crippen molar-refractivity contribution in [3.63, 3.8) is 0 Å². The molecule has 2 amide bonds. The lowest BCUT2D eigenvalue weighted by Crippen LogP contribution is -2.52. The van der Waals surface area contributed by atoms with E-state index in [1.165, 1.54) is 0 Å². The van der Waals surface area contributed by atoms with Crippen molar-refractivity contribution >= 4 is 28.5 Å². The van der Waals surface area contributed by atoms with Crippen LogP contribution in [0, 0.1) is 0 Å². The maximum Gasteiger partial charge on any atom is 0.289 e. The Labute approximate surface area is 176 Å².